The van der Waals surface area contributed by atoms with Crippen molar-refractivity contribution >= 4 is 80.9 Å². The number of nitrogens with zero attached hydrogens (tertiary/aromatic N) is 12. The molecule has 0 bridgehead atoms. The van der Waals surface area contributed by atoms with E-state index in [2.05, 4.69) is 158 Å². The van der Waals surface area contributed by atoms with Gasteiger partial charge in [-0.15, -0.1) is 0 Å². The highest BCUT2D eigenvalue weighted by molar-refractivity contribution is 5.86. The average Bonchev–Trinajstić information content (AvgIpc) is 1.64. The quantitative estimate of drug-likeness (QED) is 0.0250. The molecule has 4 aromatic carbocycles. The predicted molar refractivity (Wildman–Crippen MR) is 384 cm³/mol. The van der Waals surface area contributed by atoms with E-state index in [0.717, 1.165) is 29.0 Å². The molecule has 100 heavy (non-hydrogen) atoms. The maximum absolute atomic E-state index is 11.3. The number of nitrogens with one attached hydrogen (secondary N) is 5. The summed E-state index contributed by atoms with van der Waals surface area (Å²) < 4.78 is 15.9. The first kappa shape index (κ1) is 68.9. The zero-order chi connectivity index (χ0) is 69.2. The maximum Gasteiger partial charge on any atom is 0.323 e. The lowest BCUT2D eigenvalue weighted by molar-refractivity contribution is -0.138. The molecule has 3 aliphatic rings. The van der Waals surface area contributed by atoms with Crippen molar-refractivity contribution in [3.63, 3.8) is 0 Å². The Labute approximate surface area is 579 Å². The first-order valence-corrected chi connectivity index (χ1v) is 34.9. The van der Waals surface area contributed by atoms with Crippen LogP contribution in [0, 0.1) is 5.92 Å². The first-order chi connectivity index (χ1) is 48.8. The lowest BCUT2D eigenvalue weighted by Crippen LogP contribution is -2.13. The number of aliphatic carboxylic acids is 3. The number of fused-ring (bicyclic) bond motifs is 3. The number of para-hydroxylation sites is 1. The molecule has 0 aliphatic heterocycles. The van der Waals surface area contributed by atoms with Crippen molar-refractivity contribution < 1.29 is 38.9 Å². The molecular weight excluding hydrogens is 1270 g/mol. The molecule has 14 rings (SSSR count). The number of carboxylic acid groups (broad SMARTS) is 3. The van der Waals surface area contributed by atoms with Gasteiger partial charge in [0.1, 0.15) is 31.1 Å². The SMILES string of the molecule is CC(C)CNc1nc(NCc2ccc(C3CCCCC3)cc2)nc2c1ncn2CC(=O)O.O=C(O)Cn1cnc2c(NCc3ccco3)nc(NCc3ccc(C4CCCCC4)cc3)nc21.O=C(O)Cn1cnc2c(Oc3ccccc3)nc(NCc3ccc(C4CCCCC4)cc3)nc21. The second-order valence-electron chi connectivity index (χ2n) is 26.4. The molecule has 0 saturated heterocycles. The summed E-state index contributed by atoms with van der Waals surface area (Å²) in [6.45, 7) is 6.40. The normalized spacial score (nSPS) is 14.4. The molecule has 0 spiro atoms. The average molecular weight is 1350 g/mol. The fourth-order valence-corrected chi connectivity index (χ4v) is 13.2. The number of furan rings is 1. The number of benzene rings is 4. The number of imidazole rings is 3. The van der Waals surface area contributed by atoms with Crippen molar-refractivity contribution in [3.8, 4) is 11.6 Å². The van der Waals surface area contributed by atoms with E-state index in [4.69, 9.17) is 9.15 Å². The minimum atomic E-state index is -0.976. The Kier molecular flexibility index (Phi) is 23.1. The number of aromatic nitrogens is 12. The molecule has 25 nitrogen and oxygen atoms in total. The highest BCUT2D eigenvalue weighted by Crippen LogP contribution is 2.36. The standard InChI is InChI=1S/C26H27N5O3.C25H28N6O3.C24H32N6O2/c32-22(33)16-31-17-28-23-24(31)29-26(30-25(23)34-21-9-5-2-6-10-21)27-15-18-11-13-20(14-12-18)19-7-3-1-4-8-19;32-21(33)15-31-16-28-22-23(26-14-20-7-4-12-34-20)29-25(30-24(22)31)27-13-17-8-10-19(11-9-17)18-5-2-1-3-6-18;1-16(2)12-25-22-21-23(30(15-27-21)14-20(31)32)29-24(28-22)26-13-17-8-10-19(11-9-17)18-6-4-3-5-7-18/h2,5-6,9-14,17,19H,1,3-4,7-8,15-16H2,(H,32,33)(H,27,29,30);4,7-12,16,18H,1-3,5-6,13-15H2,(H,32,33)(H2,26,27,29,30);8-11,15-16,18H,3-7,12-14H2,1-2H3,(H,31,32)(H2,25,26,28,29). The van der Waals surface area contributed by atoms with E-state index in [1.165, 1.54) is 146 Å². The minimum Gasteiger partial charge on any atom is -0.480 e. The van der Waals surface area contributed by atoms with Crippen LogP contribution in [0.2, 0.25) is 0 Å². The van der Waals surface area contributed by atoms with E-state index < -0.39 is 17.9 Å². The molecule has 11 aromatic rings. The third-order valence-corrected chi connectivity index (χ3v) is 18.4. The van der Waals surface area contributed by atoms with Crippen molar-refractivity contribution in [2.45, 2.75) is 174 Å². The third kappa shape index (κ3) is 18.6. The number of hydrogen-bond acceptors (Lipinski definition) is 19. The molecule has 0 amide bonds. The van der Waals surface area contributed by atoms with Crippen LogP contribution in [0.4, 0.5) is 29.5 Å². The van der Waals surface area contributed by atoms with Crippen LogP contribution in [0.3, 0.4) is 0 Å². The summed E-state index contributed by atoms with van der Waals surface area (Å²) in [6, 6.07) is 39.3. The predicted octanol–water partition coefficient (Wildman–Crippen LogP) is 14.8. The van der Waals surface area contributed by atoms with Crippen LogP contribution in [0.5, 0.6) is 11.6 Å². The Balaban J connectivity index is 0.000000142. The van der Waals surface area contributed by atoms with E-state index >= 15 is 0 Å². The van der Waals surface area contributed by atoms with Crippen LogP contribution in [0.25, 0.3) is 33.5 Å². The maximum atomic E-state index is 11.3. The van der Waals surface area contributed by atoms with Crippen LogP contribution in [0.15, 0.2) is 145 Å². The summed E-state index contributed by atoms with van der Waals surface area (Å²) in [5.74, 6) is 3.57. The molecule has 8 N–H and O–H groups in total. The summed E-state index contributed by atoms with van der Waals surface area (Å²) in [4.78, 5) is 74.2. The molecule has 7 heterocycles. The topological polar surface area (TPSA) is 325 Å². The van der Waals surface area contributed by atoms with Gasteiger partial charge in [-0.2, -0.15) is 29.9 Å². The van der Waals surface area contributed by atoms with E-state index in [9.17, 15) is 29.7 Å². The van der Waals surface area contributed by atoms with Gasteiger partial charge in [-0.1, -0.05) is 163 Å². The Morgan fingerprint density at radius 1 is 0.450 bits per heavy atom. The fourth-order valence-electron chi connectivity index (χ4n) is 13.2. The summed E-state index contributed by atoms with van der Waals surface area (Å²) in [6.07, 6.45) is 25.7. The van der Waals surface area contributed by atoms with Crippen LogP contribution >= 0.6 is 0 Å². The van der Waals surface area contributed by atoms with Gasteiger partial charge in [-0.25, -0.2) is 15.0 Å². The second-order valence-corrected chi connectivity index (χ2v) is 26.4. The number of rotatable bonds is 26. The van der Waals surface area contributed by atoms with Gasteiger partial charge < -0.3 is 64.8 Å². The lowest BCUT2D eigenvalue weighted by atomic mass is 9.84. The van der Waals surface area contributed by atoms with Gasteiger partial charge in [-0.05, 0) is 120 Å². The van der Waals surface area contributed by atoms with Gasteiger partial charge in [-0.3, -0.25) is 14.4 Å². The van der Waals surface area contributed by atoms with Crippen LogP contribution in [0.1, 0.15) is 167 Å². The van der Waals surface area contributed by atoms with Crippen LogP contribution in [-0.4, -0.2) is 98.3 Å². The van der Waals surface area contributed by atoms with Gasteiger partial charge >= 0.3 is 17.9 Å². The fraction of sp³-hybridized carbons (Fsp3) is 0.387. The first-order valence-electron chi connectivity index (χ1n) is 34.9. The zero-order valence-electron chi connectivity index (χ0n) is 56.6. The van der Waals surface area contributed by atoms with Gasteiger partial charge in [0.05, 0.1) is 31.8 Å². The van der Waals surface area contributed by atoms with Crippen molar-refractivity contribution in [2.75, 3.05) is 33.1 Å². The van der Waals surface area contributed by atoms with Gasteiger partial charge in [0.2, 0.25) is 17.8 Å². The molecular formula is C75H87N17O8. The number of carboxylic acids is 3. The molecule has 3 saturated carbocycles. The Hall–Kier alpha value is -11.0. The largest absolute Gasteiger partial charge is 0.480 e. The Morgan fingerprint density at radius 2 is 0.840 bits per heavy atom. The number of ether oxygens (including phenoxy) is 1. The molecule has 3 fully saturated rings. The summed E-state index contributed by atoms with van der Waals surface area (Å²) in [5.41, 5.74) is 10.5. The minimum absolute atomic E-state index is 0.195. The molecule has 3 aliphatic carbocycles. The van der Waals surface area contributed by atoms with Crippen molar-refractivity contribution in [3.05, 3.63) is 180 Å². The second kappa shape index (κ2) is 33.5. The molecule has 0 radical (unpaired) electrons. The molecule has 25 heteroatoms. The van der Waals surface area contributed by atoms with Gasteiger partial charge in [0.15, 0.2) is 45.1 Å². The highest BCUT2D eigenvalue weighted by atomic mass is 16.5. The number of hydrogen-bond donors (Lipinski definition) is 8. The van der Waals surface area contributed by atoms with E-state index in [1.807, 2.05) is 42.5 Å². The van der Waals surface area contributed by atoms with Crippen LogP contribution < -0.4 is 31.3 Å². The molecule has 520 valence electrons. The lowest BCUT2D eigenvalue weighted by Gasteiger charge is -2.22. The third-order valence-electron chi connectivity index (χ3n) is 18.4. The Morgan fingerprint density at radius 3 is 1.23 bits per heavy atom. The van der Waals surface area contributed by atoms with Gasteiger partial charge in [0, 0.05) is 26.2 Å². The van der Waals surface area contributed by atoms with Crippen LogP contribution in [-0.2, 0) is 60.2 Å². The summed E-state index contributed by atoms with van der Waals surface area (Å²) >= 11 is 0. The van der Waals surface area contributed by atoms with Crippen molar-refractivity contribution in [1.82, 2.24) is 58.6 Å². The number of carbonyl (C=O) groups is 3. The molecule has 0 unspecified atom stereocenters. The monoisotopic (exact) mass is 1350 g/mol. The van der Waals surface area contributed by atoms with Crippen molar-refractivity contribution in [1.29, 1.82) is 0 Å². The van der Waals surface area contributed by atoms with Gasteiger partial charge in [0.25, 0.3) is 5.88 Å². The summed E-state index contributed by atoms with van der Waals surface area (Å²) in [7, 11) is 0. The van der Waals surface area contributed by atoms with Crippen molar-refractivity contribution in [2.24, 2.45) is 5.92 Å². The van der Waals surface area contributed by atoms with E-state index in [-0.39, 0.29) is 25.5 Å². The van der Waals surface area contributed by atoms with E-state index in [0.29, 0.717) is 119 Å². The number of anilines is 5. The van der Waals surface area contributed by atoms with E-state index in [1.54, 1.807) is 6.26 Å². The smallest absolute Gasteiger partial charge is 0.323 e. The summed E-state index contributed by atoms with van der Waals surface area (Å²) in [5, 5.41) is 44.1. The highest BCUT2D eigenvalue weighted by Gasteiger charge is 2.22. The molecule has 0 atom stereocenters. The molecule has 7 aromatic heterocycles. The Bertz CT molecular complexity index is 4470. The zero-order valence-corrected chi connectivity index (χ0v) is 56.6.